The van der Waals surface area contributed by atoms with Crippen LogP contribution in [0.4, 0.5) is 0 Å². The minimum absolute atomic E-state index is 0.0783. The van der Waals surface area contributed by atoms with Gasteiger partial charge in [-0.1, -0.05) is 30.3 Å². The van der Waals surface area contributed by atoms with Crippen molar-refractivity contribution < 1.29 is 18.0 Å². The van der Waals surface area contributed by atoms with Gasteiger partial charge in [-0.05, 0) is 43.4 Å². The molecule has 2 fully saturated rings. The lowest BCUT2D eigenvalue weighted by Crippen LogP contribution is -2.53. The lowest BCUT2D eigenvalue weighted by atomic mass is 9.96. The third kappa shape index (κ3) is 5.82. The van der Waals surface area contributed by atoms with Gasteiger partial charge in [0.1, 0.15) is 4.90 Å². The number of aryl methyl sites for hydroxylation is 1. The number of rotatable bonds is 7. The highest BCUT2D eigenvalue weighted by atomic mass is 32.2. The van der Waals surface area contributed by atoms with Crippen LogP contribution < -0.4 is 0 Å². The summed E-state index contributed by atoms with van der Waals surface area (Å²) < 4.78 is 27.0. The van der Waals surface area contributed by atoms with Crippen LogP contribution in [0.1, 0.15) is 31.2 Å². The number of nitrogens with zero attached hydrogens (tertiary/aromatic N) is 4. The zero-order valence-corrected chi connectivity index (χ0v) is 20.2. The second-order valence-electron chi connectivity index (χ2n) is 8.91. The van der Waals surface area contributed by atoms with Crippen molar-refractivity contribution in [3.05, 3.63) is 60.4 Å². The fourth-order valence-corrected chi connectivity index (χ4v) is 6.11. The number of amides is 2. The van der Waals surface area contributed by atoms with Gasteiger partial charge in [0, 0.05) is 64.0 Å². The van der Waals surface area contributed by atoms with Crippen molar-refractivity contribution in [1.82, 2.24) is 19.1 Å². The first-order valence-electron chi connectivity index (χ1n) is 12.0. The smallest absolute Gasteiger partial charge is 0.244 e. The van der Waals surface area contributed by atoms with Crippen LogP contribution in [0, 0.1) is 5.92 Å². The van der Waals surface area contributed by atoms with E-state index in [2.05, 4.69) is 17.1 Å². The van der Waals surface area contributed by atoms with Crippen LogP contribution in [0.15, 0.2) is 59.8 Å². The number of pyridine rings is 1. The Labute approximate surface area is 201 Å². The molecule has 0 radical (unpaired) electrons. The Morgan fingerprint density at radius 3 is 2.21 bits per heavy atom. The van der Waals surface area contributed by atoms with Gasteiger partial charge in [0.2, 0.25) is 21.8 Å². The molecule has 0 aliphatic carbocycles. The Kier molecular flexibility index (Phi) is 7.95. The standard InChI is InChI=1S/C25H32N4O4S/c30-24(10-4-8-21-6-2-1-3-7-21)27-16-18-28(19-17-27)25(31)22-11-14-29(15-12-22)34(32,33)23-9-5-13-26-20-23/h1-3,5-7,9,13,20,22H,4,8,10-12,14-19H2. The van der Waals surface area contributed by atoms with Gasteiger partial charge in [0.15, 0.2) is 0 Å². The van der Waals surface area contributed by atoms with Crippen molar-refractivity contribution in [3.8, 4) is 0 Å². The molecule has 2 aliphatic rings. The van der Waals surface area contributed by atoms with E-state index >= 15 is 0 Å². The average molecular weight is 485 g/mol. The Balaban J connectivity index is 1.20. The van der Waals surface area contributed by atoms with E-state index in [-0.39, 0.29) is 22.6 Å². The second kappa shape index (κ2) is 11.1. The van der Waals surface area contributed by atoms with Crippen LogP contribution >= 0.6 is 0 Å². The van der Waals surface area contributed by atoms with Crippen molar-refractivity contribution in [2.45, 2.75) is 37.0 Å². The molecule has 3 heterocycles. The first-order chi connectivity index (χ1) is 16.4. The molecule has 34 heavy (non-hydrogen) atoms. The summed E-state index contributed by atoms with van der Waals surface area (Å²) in [7, 11) is -3.58. The summed E-state index contributed by atoms with van der Waals surface area (Å²) in [5, 5.41) is 0. The molecule has 4 rings (SSSR count). The van der Waals surface area contributed by atoms with E-state index in [1.165, 1.54) is 16.1 Å². The van der Waals surface area contributed by atoms with Crippen LogP contribution in [0.3, 0.4) is 0 Å². The molecule has 1 aromatic heterocycles. The monoisotopic (exact) mass is 484 g/mol. The second-order valence-corrected chi connectivity index (χ2v) is 10.9. The molecule has 2 aliphatic heterocycles. The molecule has 8 nitrogen and oxygen atoms in total. The van der Waals surface area contributed by atoms with Gasteiger partial charge >= 0.3 is 0 Å². The van der Waals surface area contributed by atoms with E-state index in [1.54, 1.807) is 18.3 Å². The van der Waals surface area contributed by atoms with Crippen molar-refractivity contribution in [2.75, 3.05) is 39.3 Å². The normalized spacial score (nSPS) is 18.1. The summed E-state index contributed by atoms with van der Waals surface area (Å²) >= 11 is 0. The van der Waals surface area contributed by atoms with Gasteiger partial charge in [0.25, 0.3) is 0 Å². The molecule has 0 N–H and O–H groups in total. The molecule has 2 aromatic rings. The Morgan fingerprint density at radius 2 is 1.56 bits per heavy atom. The molecule has 9 heteroatoms. The minimum atomic E-state index is -3.58. The number of carbonyl (C=O) groups excluding carboxylic acids is 2. The number of hydrogen-bond donors (Lipinski definition) is 0. The van der Waals surface area contributed by atoms with E-state index in [4.69, 9.17) is 0 Å². The van der Waals surface area contributed by atoms with Crippen LogP contribution in [0.25, 0.3) is 0 Å². The highest BCUT2D eigenvalue weighted by Crippen LogP contribution is 2.25. The van der Waals surface area contributed by atoms with Gasteiger partial charge in [-0.25, -0.2) is 8.42 Å². The summed E-state index contributed by atoms with van der Waals surface area (Å²) in [6, 6.07) is 13.3. The third-order valence-corrected chi connectivity index (χ3v) is 8.60. The zero-order chi connectivity index (χ0) is 24.0. The molecule has 0 saturated carbocycles. The number of hydrogen-bond acceptors (Lipinski definition) is 5. The molecule has 1 aromatic carbocycles. The Morgan fingerprint density at radius 1 is 0.882 bits per heavy atom. The molecule has 0 atom stereocenters. The van der Waals surface area contributed by atoms with Crippen LogP contribution in [0.2, 0.25) is 0 Å². The number of piperazine rings is 1. The summed E-state index contributed by atoms with van der Waals surface area (Å²) in [6.07, 6.45) is 6.15. The summed E-state index contributed by atoms with van der Waals surface area (Å²) in [4.78, 5) is 33.4. The molecule has 0 unspecified atom stereocenters. The zero-order valence-electron chi connectivity index (χ0n) is 19.4. The Hall–Kier alpha value is -2.78. The molecule has 2 saturated heterocycles. The number of aromatic nitrogens is 1. The summed E-state index contributed by atoms with van der Waals surface area (Å²) in [5.74, 6) is 0.0556. The highest BCUT2D eigenvalue weighted by molar-refractivity contribution is 7.89. The minimum Gasteiger partial charge on any atom is -0.339 e. The number of carbonyl (C=O) groups is 2. The van der Waals surface area contributed by atoms with Gasteiger partial charge in [-0.15, -0.1) is 0 Å². The maximum atomic E-state index is 13.0. The summed E-state index contributed by atoms with van der Waals surface area (Å²) in [5.41, 5.74) is 1.24. The maximum absolute atomic E-state index is 13.0. The molecule has 182 valence electrons. The predicted octanol–water partition coefficient (Wildman–Crippen LogP) is 2.18. The number of benzene rings is 1. The largest absolute Gasteiger partial charge is 0.339 e. The molecule has 2 amide bonds. The topological polar surface area (TPSA) is 90.9 Å². The van der Waals surface area contributed by atoms with Crippen molar-refractivity contribution in [1.29, 1.82) is 0 Å². The lowest BCUT2D eigenvalue weighted by molar-refractivity contribution is -0.143. The first-order valence-corrected chi connectivity index (χ1v) is 13.4. The van der Waals surface area contributed by atoms with Crippen LogP contribution in [0.5, 0.6) is 0 Å². The SMILES string of the molecule is O=C(CCCc1ccccc1)N1CCN(C(=O)C2CCN(S(=O)(=O)c3cccnc3)CC2)CC1. The lowest BCUT2D eigenvalue weighted by Gasteiger charge is -2.38. The fraction of sp³-hybridized carbons (Fsp3) is 0.480. The van der Waals surface area contributed by atoms with Gasteiger partial charge in [-0.2, -0.15) is 4.31 Å². The summed E-state index contributed by atoms with van der Waals surface area (Å²) in [6.45, 7) is 2.85. The molecule has 0 bridgehead atoms. The fourth-order valence-electron chi connectivity index (χ4n) is 4.67. The van der Waals surface area contributed by atoms with Gasteiger partial charge in [0.05, 0.1) is 0 Å². The molecular formula is C25H32N4O4S. The molecular weight excluding hydrogens is 452 g/mol. The van der Waals surface area contributed by atoms with Crippen molar-refractivity contribution >= 4 is 21.8 Å². The van der Waals surface area contributed by atoms with Crippen molar-refractivity contribution in [3.63, 3.8) is 0 Å². The number of sulfonamides is 1. The maximum Gasteiger partial charge on any atom is 0.244 e. The highest BCUT2D eigenvalue weighted by Gasteiger charge is 2.35. The Bertz CT molecular complexity index is 1060. The predicted molar refractivity (Wildman–Crippen MR) is 128 cm³/mol. The van der Waals surface area contributed by atoms with E-state index in [9.17, 15) is 18.0 Å². The van der Waals surface area contributed by atoms with Crippen LogP contribution in [-0.4, -0.2) is 78.6 Å². The van der Waals surface area contributed by atoms with E-state index in [1.807, 2.05) is 28.0 Å². The third-order valence-electron chi connectivity index (χ3n) is 6.72. The quantitative estimate of drug-likeness (QED) is 0.601. The van der Waals surface area contributed by atoms with Crippen molar-refractivity contribution in [2.24, 2.45) is 5.92 Å². The van der Waals surface area contributed by atoms with E-state index in [0.717, 1.165) is 12.8 Å². The van der Waals surface area contributed by atoms with Crippen LogP contribution in [-0.2, 0) is 26.0 Å². The number of piperidine rings is 1. The first kappa shape index (κ1) is 24.3. The van der Waals surface area contributed by atoms with E-state index in [0.29, 0.717) is 58.5 Å². The van der Waals surface area contributed by atoms with Gasteiger partial charge in [-0.3, -0.25) is 14.6 Å². The average Bonchev–Trinajstić information content (AvgIpc) is 2.89. The van der Waals surface area contributed by atoms with E-state index < -0.39 is 10.0 Å². The molecule has 0 spiro atoms. The van der Waals surface area contributed by atoms with Gasteiger partial charge < -0.3 is 9.80 Å².